The van der Waals surface area contributed by atoms with Crippen molar-refractivity contribution in [3.63, 3.8) is 0 Å². The van der Waals surface area contributed by atoms with Gasteiger partial charge < -0.3 is 24.9 Å². The Labute approximate surface area is 183 Å². The molecular formula is C17H35N2O10P2-. The zero-order valence-electron chi connectivity index (χ0n) is 18.2. The molecule has 2 unspecified atom stereocenters. The molecule has 184 valence electrons. The van der Waals surface area contributed by atoms with Crippen LogP contribution < -0.4 is 15.5 Å². The van der Waals surface area contributed by atoms with Crippen molar-refractivity contribution >= 4 is 27.5 Å². The molecule has 0 radical (unpaired) electrons. The summed E-state index contributed by atoms with van der Waals surface area (Å²) in [6.07, 6.45) is 5.60. The first kappa shape index (κ1) is 30.2. The van der Waals surface area contributed by atoms with Gasteiger partial charge in [0.15, 0.2) is 6.79 Å². The number of phosphoric acid groups is 2. The second kappa shape index (κ2) is 17.7. The predicted octanol–water partition coefficient (Wildman–Crippen LogP) is 1.97. The van der Waals surface area contributed by atoms with Crippen molar-refractivity contribution < 1.29 is 46.6 Å². The van der Waals surface area contributed by atoms with Gasteiger partial charge in [-0.05, 0) is 25.7 Å². The highest BCUT2D eigenvalue weighted by molar-refractivity contribution is 7.47. The first-order valence-electron chi connectivity index (χ1n) is 10.2. The van der Waals surface area contributed by atoms with Gasteiger partial charge >= 0.3 is 7.82 Å². The van der Waals surface area contributed by atoms with Crippen molar-refractivity contribution in [3.05, 3.63) is 0 Å². The highest BCUT2D eigenvalue weighted by Gasteiger charge is 2.22. The molecule has 14 heteroatoms. The van der Waals surface area contributed by atoms with Crippen molar-refractivity contribution in [2.24, 2.45) is 0 Å². The number of rotatable bonds is 20. The Morgan fingerprint density at radius 1 is 0.742 bits per heavy atom. The van der Waals surface area contributed by atoms with Crippen LogP contribution >= 0.6 is 15.6 Å². The van der Waals surface area contributed by atoms with Gasteiger partial charge in [-0.25, -0.2) is 4.57 Å². The number of hydrogen-bond acceptors (Lipinski definition) is 9. The van der Waals surface area contributed by atoms with Crippen molar-refractivity contribution in [2.75, 3.05) is 33.1 Å². The molecule has 0 rings (SSSR count). The molecule has 0 aliphatic rings. The minimum atomic E-state index is -4.66. The highest BCUT2D eigenvalue weighted by atomic mass is 31.2. The summed E-state index contributed by atoms with van der Waals surface area (Å²) in [6.45, 7) is 2.89. The van der Waals surface area contributed by atoms with Gasteiger partial charge in [0.25, 0.3) is 7.82 Å². The highest BCUT2D eigenvalue weighted by Crippen LogP contribution is 2.46. The van der Waals surface area contributed by atoms with E-state index < -0.39 is 22.4 Å². The van der Waals surface area contributed by atoms with Gasteiger partial charge in [-0.2, -0.15) is 0 Å². The summed E-state index contributed by atoms with van der Waals surface area (Å²) in [4.78, 5) is 42.4. The number of hydrogen-bond donors (Lipinski definition) is 3. The maximum atomic E-state index is 11.7. The van der Waals surface area contributed by atoms with Crippen LogP contribution in [0.15, 0.2) is 0 Å². The number of carbonyl (C=O) groups excluding carboxylic acids is 2. The van der Waals surface area contributed by atoms with E-state index in [-0.39, 0.29) is 25.0 Å². The largest absolute Gasteiger partial charge is 0.756 e. The lowest BCUT2D eigenvalue weighted by Gasteiger charge is -2.23. The fraction of sp³-hybridized carbons (Fsp3) is 0.882. The predicted molar refractivity (Wildman–Crippen MR) is 111 cm³/mol. The van der Waals surface area contributed by atoms with Crippen molar-refractivity contribution in [3.8, 4) is 0 Å². The molecule has 0 heterocycles. The minimum absolute atomic E-state index is 0.0403. The van der Waals surface area contributed by atoms with Crippen LogP contribution in [0.1, 0.15) is 65.2 Å². The molecule has 3 N–H and O–H groups in total. The van der Waals surface area contributed by atoms with Gasteiger partial charge in [-0.1, -0.05) is 25.7 Å². The van der Waals surface area contributed by atoms with Crippen molar-refractivity contribution in [2.45, 2.75) is 65.2 Å². The lowest BCUT2D eigenvalue weighted by atomic mass is 10.2. The molecule has 2 amide bonds. The Balaban J connectivity index is 3.71. The molecule has 0 saturated heterocycles. The molecule has 0 saturated carbocycles. The van der Waals surface area contributed by atoms with E-state index in [9.17, 15) is 28.5 Å². The summed E-state index contributed by atoms with van der Waals surface area (Å²) in [5.74, 6) is -0.185. The van der Waals surface area contributed by atoms with E-state index in [1.165, 1.54) is 13.8 Å². The molecule has 0 aromatic rings. The SMILES string of the molecule is CC(=O)NCCCCCCOP(=O)([O-])OCOP(=O)(O)OCCCCCCNC(C)=O. The summed E-state index contributed by atoms with van der Waals surface area (Å²) < 4.78 is 41.5. The minimum Gasteiger partial charge on any atom is -0.756 e. The second-order valence-electron chi connectivity index (χ2n) is 6.75. The Morgan fingerprint density at radius 3 is 1.68 bits per heavy atom. The number of unbranched alkanes of at least 4 members (excludes halogenated alkanes) is 6. The fourth-order valence-corrected chi connectivity index (χ4v) is 3.59. The van der Waals surface area contributed by atoms with Crippen LogP contribution in [0.5, 0.6) is 0 Å². The van der Waals surface area contributed by atoms with E-state index in [4.69, 9.17) is 4.52 Å². The molecule has 0 aliphatic carbocycles. The Bertz CT molecular complexity index is 555. The standard InChI is InChI=1S/C17H36N2O10P2/c1-16(20)18-11-7-3-5-9-13-26-30(22,23)28-15-29-31(24,25)27-14-10-6-4-8-12-19-17(2)21/h3-15H2,1-2H3,(H,18,20)(H,19,21)(H,22,23)(H,24,25)/p-1. The molecule has 0 spiro atoms. The van der Waals surface area contributed by atoms with Gasteiger partial charge in [0.05, 0.1) is 13.2 Å². The zero-order valence-corrected chi connectivity index (χ0v) is 20.0. The zero-order chi connectivity index (χ0) is 23.6. The molecule has 0 aliphatic heterocycles. The third-order valence-electron chi connectivity index (χ3n) is 3.82. The van der Waals surface area contributed by atoms with Gasteiger partial charge in [-0.3, -0.25) is 27.7 Å². The van der Waals surface area contributed by atoms with Crippen LogP contribution in [0.4, 0.5) is 0 Å². The summed E-state index contributed by atoms with van der Waals surface area (Å²) >= 11 is 0. The van der Waals surface area contributed by atoms with E-state index in [1.807, 2.05) is 0 Å². The maximum absolute atomic E-state index is 11.7. The summed E-state index contributed by atoms with van der Waals surface area (Å²) in [6, 6.07) is 0. The topological polar surface area (TPSA) is 173 Å². The van der Waals surface area contributed by atoms with Gasteiger partial charge in [0, 0.05) is 26.9 Å². The number of carbonyl (C=O) groups is 2. The molecule has 0 fully saturated rings. The van der Waals surface area contributed by atoms with Crippen molar-refractivity contribution in [1.82, 2.24) is 10.6 Å². The summed E-state index contributed by atoms with van der Waals surface area (Å²) in [5, 5.41) is 5.33. The molecule has 0 bridgehead atoms. The second-order valence-corrected chi connectivity index (χ2v) is 9.62. The third-order valence-corrected chi connectivity index (χ3v) is 5.68. The average Bonchev–Trinajstić information content (AvgIpc) is 2.65. The van der Waals surface area contributed by atoms with Gasteiger partial charge in [-0.15, -0.1) is 0 Å². The van der Waals surface area contributed by atoms with Crippen LogP contribution in [-0.2, 0) is 36.8 Å². The average molecular weight is 489 g/mol. The van der Waals surface area contributed by atoms with Gasteiger partial charge in [0.2, 0.25) is 11.8 Å². The van der Waals surface area contributed by atoms with Crippen LogP contribution in [0.2, 0.25) is 0 Å². The van der Waals surface area contributed by atoms with E-state index >= 15 is 0 Å². The molecule has 2 atom stereocenters. The maximum Gasteiger partial charge on any atom is 0.474 e. The molecular weight excluding hydrogens is 454 g/mol. The van der Waals surface area contributed by atoms with Crippen LogP contribution in [-0.4, -0.2) is 49.8 Å². The van der Waals surface area contributed by atoms with E-state index in [1.54, 1.807) is 0 Å². The molecule has 0 aromatic carbocycles. The first-order valence-corrected chi connectivity index (χ1v) is 13.2. The van der Waals surface area contributed by atoms with E-state index in [0.29, 0.717) is 32.4 Å². The molecule has 12 nitrogen and oxygen atoms in total. The smallest absolute Gasteiger partial charge is 0.474 e. The first-order chi connectivity index (χ1) is 14.5. The van der Waals surface area contributed by atoms with Crippen LogP contribution in [0.3, 0.4) is 0 Å². The lowest BCUT2D eigenvalue weighted by Crippen LogP contribution is -2.20. The van der Waals surface area contributed by atoms with Gasteiger partial charge in [0.1, 0.15) is 0 Å². The van der Waals surface area contributed by atoms with E-state index in [0.717, 1.165) is 32.1 Å². The van der Waals surface area contributed by atoms with Crippen LogP contribution in [0.25, 0.3) is 0 Å². The Hall–Kier alpha value is -0.840. The number of phosphoric ester groups is 2. The third kappa shape index (κ3) is 22.2. The number of amides is 2. The van der Waals surface area contributed by atoms with Crippen molar-refractivity contribution in [1.29, 1.82) is 0 Å². The number of nitrogens with one attached hydrogen (secondary N) is 2. The van der Waals surface area contributed by atoms with E-state index in [2.05, 4.69) is 24.2 Å². The lowest BCUT2D eigenvalue weighted by molar-refractivity contribution is -0.230. The summed E-state index contributed by atoms with van der Waals surface area (Å²) in [7, 11) is -9.09. The Morgan fingerprint density at radius 2 is 1.19 bits per heavy atom. The quantitative estimate of drug-likeness (QED) is 0.130. The normalized spacial score (nSPS) is 15.1. The fourth-order valence-electron chi connectivity index (χ4n) is 2.28. The Kier molecular flexibility index (Phi) is 17.2. The molecule has 31 heavy (non-hydrogen) atoms. The monoisotopic (exact) mass is 489 g/mol. The van der Waals surface area contributed by atoms with Crippen LogP contribution in [0, 0.1) is 0 Å². The molecule has 0 aromatic heterocycles. The summed E-state index contributed by atoms with van der Waals surface area (Å²) in [5.41, 5.74) is 0.